The van der Waals surface area contributed by atoms with Gasteiger partial charge in [-0.2, -0.15) is 0 Å². The number of ether oxygens (including phenoxy) is 1. The summed E-state index contributed by atoms with van der Waals surface area (Å²) in [5.74, 6) is -0.223. The number of carboxylic acids is 1. The van der Waals surface area contributed by atoms with Gasteiger partial charge in [-0.3, -0.25) is 9.59 Å². The number of carbonyl (C=O) groups excluding carboxylic acids is 1. The van der Waals surface area contributed by atoms with E-state index in [9.17, 15) is 14.7 Å². The molecule has 0 heterocycles. The Morgan fingerprint density at radius 3 is 2.68 bits per heavy atom. The molecule has 0 saturated heterocycles. The molecule has 1 aromatic carbocycles. The Morgan fingerprint density at radius 2 is 2.18 bits per heavy atom. The van der Waals surface area contributed by atoms with Gasteiger partial charge in [-0.05, 0) is 49.3 Å². The number of rotatable bonds is 5. The van der Waals surface area contributed by atoms with Gasteiger partial charge in [0.1, 0.15) is 11.5 Å². The molecule has 2 saturated carbocycles. The SMILES string of the molecule is CCC12C(=O)C(Cc3ccc(OC)c(C)c3)CC1C2C(=O)O. The summed E-state index contributed by atoms with van der Waals surface area (Å²) in [6, 6.07) is 5.99. The van der Waals surface area contributed by atoms with E-state index in [1.807, 2.05) is 26.0 Å². The van der Waals surface area contributed by atoms with Crippen LogP contribution in [0.4, 0.5) is 0 Å². The van der Waals surface area contributed by atoms with Crippen LogP contribution >= 0.6 is 0 Å². The Bertz CT molecular complexity index is 636. The summed E-state index contributed by atoms with van der Waals surface area (Å²) in [5, 5.41) is 9.28. The first kappa shape index (κ1) is 15.1. The molecule has 0 aromatic heterocycles. The molecule has 2 fully saturated rings. The predicted octanol–water partition coefficient (Wildman–Crippen LogP) is 2.86. The lowest BCUT2D eigenvalue weighted by Gasteiger charge is -2.17. The molecule has 4 atom stereocenters. The Hall–Kier alpha value is -1.84. The highest BCUT2D eigenvalue weighted by Crippen LogP contribution is 2.69. The molecular formula is C18H22O4. The highest BCUT2D eigenvalue weighted by molar-refractivity contribution is 5.99. The molecule has 4 heteroatoms. The molecule has 0 amide bonds. The summed E-state index contributed by atoms with van der Waals surface area (Å²) in [5.41, 5.74) is 1.61. The van der Waals surface area contributed by atoms with Gasteiger partial charge in [0.15, 0.2) is 0 Å². The normalized spacial score (nSPS) is 32.7. The number of aryl methyl sites for hydroxylation is 1. The lowest BCUT2D eigenvalue weighted by molar-refractivity contribution is -0.142. The van der Waals surface area contributed by atoms with E-state index < -0.39 is 17.3 Å². The second-order valence-electron chi connectivity index (χ2n) is 6.62. The average molecular weight is 302 g/mol. The summed E-state index contributed by atoms with van der Waals surface area (Å²) in [6.07, 6.45) is 2.06. The maximum absolute atomic E-state index is 12.7. The summed E-state index contributed by atoms with van der Waals surface area (Å²) < 4.78 is 5.26. The van der Waals surface area contributed by atoms with Crippen LogP contribution in [0.1, 0.15) is 30.9 Å². The second-order valence-corrected chi connectivity index (χ2v) is 6.62. The molecule has 0 aliphatic heterocycles. The molecule has 1 aromatic rings. The van der Waals surface area contributed by atoms with Gasteiger partial charge in [-0.1, -0.05) is 19.1 Å². The van der Waals surface area contributed by atoms with E-state index in [1.54, 1.807) is 7.11 Å². The minimum absolute atomic E-state index is 0.0339. The average Bonchev–Trinajstić information content (AvgIpc) is 3.06. The van der Waals surface area contributed by atoms with Crippen molar-refractivity contribution in [3.63, 3.8) is 0 Å². The molecular weight excluding hydrogens is 280 g/mol. The quantitative estimate of drug-likeness (QED) is 0.908. The fourth-order valence-electron chi connectivity index (χ4n) is 4.57. The van der Waals surface area contributed by atoms with Crippen LogP contribution < -0.4 is 4.74 Å². The van der Waals surface area contributed by atoms with Crippen molar-refractivity contribution in [2.45, 2.75) is 33.1 Å². The van der Waals surface area contributed by atoms with Crippen LogP contribution in [0.25, 0.3) is 0 Å². The van der Waals surface area contributed by atoms with Gasteiger partial charge < -0.3 is 9.84 Å². The van der Waals surface area contributed by atoms with Gasteiger partial charge in [0, 0.05) is 11.3 Å². The first-order chi connectivity index (χ1) is 10.5. The number of Topliss-reactive ketones (excluding diaryl/α,β-unsaturated/α-hetero) is 1. The van der Waals surface area contributed by atoms with Gasteiger partial charge in [0.25, 0.3) is 0 Å². The Balaban J connectivity index is 1.75. The van der Waals surface area contributed by atoms with Crippen LogP contribution in [-0.2, 0) is 16.0 Å². The zero-order valence-corrected chi connectivity index (χ0v) is 13.3. The van der Waals surface area contributed by atoms with Gasteiger partial charge in [-0.15, -0.1) is 0 Å². The third kappa shape index (κ3) is 1.97. The largest absolute Gasteiger partial charge is 0.496 e. The summed E-state index contributed by atoms with van der Waals surface area (Å²) in [7, 11) is 1.65. The molecule has 4 unspecified atom stereocenters. The van der Waals surface area contributed by atoms with E-state index in [0.717, 1.165) is 16.9 Å². The molecule has 0 bridgehead atoms. The minimum Gasteiger partial charge on any atom is -0.496 e. The molecule has 0 radical (unpaired) electrons. The fraction of sp³-hybridized carbons (Fsp3) is 0.556. The zero-order chi connectivity index (χ0) is 16.1. The fourth-order valence-corrected chi connectivity index (χ4v) is 4.57. The Kier molecular flexibility index (Phi) is 3.50. The first-order valence-corrected chi connectivity index (χ1v) is 7.86. The topological polar surface area (TPSA) is 63.6 Å². The molecule has 3 rings (SSSR count). The number of methoxy groups -OCH3 is 1. The van der Waals surface area contributed by atoms with Crippen molar-refractivity contribution in [1.82, 2.24) is 0 Å². The molecule has 2 aliphatic carbocycles. The summed E-state index contributed by atoms with van der Waals surface area (Å²) >= 11 is 0. The number of aliphatic carboxylic acids is 1. The van der Waals surface area contributed by atoms with Crippen molar-refractivity contribution in [3.8, 4) is 5.75 Å². The van der Waals surface area contributed by atoms with Crippen LogP contribution in [0, 0.1) is 30.1 Å². The third-order valence-corrected chi connectivity index (χ3v) is 5.67. The maximum atomic E-state index is 12.7. The first-order valence-electron chi connectivity index (χ1n) is 7.86. The highest BCUT2D eigenvalue weighted by Gasteiger charge is 2.75. The van der Waals surface area contributed by atoms with Crippen molar-refractivity contribution in [1.29, 1.82) is 0 Å². The van der Waals surface area contributed by atoms with Crippen molar-refractivity contribution in [2.24, 2.45) is 23.2 Å². The second kappa shape index (κ2) is 5.11. The summed E-state index contributed by atoms with van der Waals surface area (Å²) in [6.45, 7) is 3.93. The van der Waals surface area contributed by atoms with Crippen LogP contribution in [0.5, 0.6) is 5.75 Å². The minimum atomic E-state index is -0.807. The number of hydrogen-bond acceptors (Lipinski definition) is 3. The molecule has 0 spiro atoms. The number of ketones is 1. The van der Waals surface area contributed by atoms with E-state index in [2.05, 4.69) is 6.07 Å². The standard InChI is InChI=1S/C18H22O4/c1-4-18-13(15(18)17(20)21)9-12(16(18)19)8-11-5-6-14(22-3)10(2)7-11/h5-7,12-13,15H,4,8-9H2,1-3H3,(H,20,21). The molecule has 4 nitrogen and oxygen atoms in total. The van der Waals surface area contributed by atoms with Gasteiger partial charge >= 0.3 is 5.97 Å². The Labute approximate surface area is 130 Å². The maximum Gasteiger partial charge on any atom is 0.307 e. The van der Waals surface area contributed by atoms with Crippen LogP contribution in [0.3, 0.4) is 0 Å². The van der Waals surface area contributed by atoms with Crippen molar-refractivity contribution < 1.29 is 19.4 Å². The lowest BCUT2D eigenvalue weighted by atomic mass is 9.86. The van der Waals surface area contributed by atoms with Gasteiger partial charge in [0.2, 0.25) is 0 Å². The third-order valence-electron chi connectivity index (χ3n) is 5.67. The van der Waals surface area contributed by atoms with E-state index in [-0.39, 0.29) is 17.6 Å². The molecule has 22 heavy (non-hydrogen) atoms. The van der Waals surface area contributed by atoms with Gasteiger partial charge in [0.05, 0.1) is 13.0 Å². The predicted molar refractivity (Wildman–Crippen MR) is 81.9 cm³/mol. The number of benzene rings is 1. The van der Waals surface area contributed by atoms with E-state index in [4.69, 9.17) is 4.74 Å². The molecule has 1 N–H and O–H groups in total. The zero-order valence-electron chi connectivity index (χ0n) is 13.3. The number of hydrogen-bond donors (Lipinski definition) is 1. The van der Waals surface area contributed by atoms with E-state index in [0.29, 0.717) is 19.3 Å². The van der Waals surface area contributed by atoms with Crippen molar-refractivity contribution >= 4 is 11.8 Å². The number of carboxylic acid groups (broad SMARTS) is 1. The summed E-state index contributed by atoms with van der Waals surface area (Å²) in [4.78, 5) is 24.0. The monoisotopic (exact) mass is 302 g/mol. The number of fused-ring (bicyclic) bond motifs is 1. The number of carbonyl (C=O) groups is 2. The van der Waals surface area contributed by atoms with Crippen LogP contribution in [-0.4, -0.2) is 24.0 Å². The Morgan fingerprint density at radius 1 is 1.45 bits per heavy atom. The lowest BCUT2D eigenvalue weighted by Crippen LogP contribution is -2.26. The van der Waals surface area contributed by atoms with E-state index in [1.165, 1.54) is 0 Å². The van der Waals surface area contributed by atoms with E-state index >= 15 is 0 Å². The highest BCUT2D eigenvalue weighted by atomic mass is 16.5. The smallest absolute Gasteiger partial charge is 0.307 e. The van der Waals surface area contributed by atoms with Crippen molar-refractivity contribution in [3.05, 3.63) is 29.3 Å². The van der Waals surface area contributed by atoms with Gasteiger partial charge in [-0.25, -0.2) is 0 Å². The van der Waals surface area contributed by atoms with Crippen LogP contribution in [0.2, 0.25) is 0 Å². The molecule has 118 valence electrons. The van der Waals surface area contributed by atoms with Crippen LogP contribution in [0.15, 0.2) is 18.2 Å². The molecule has 2 aliphatic rings. The van der Waals surface area contributed by atoms with Crippen molar-refractivity contribution in [2.75, 3.05) is 7.11 Å².